The van der Waals surface area contributed by atoms with E-state index in [1.165, 1.54) is 0 Å². The fourth-order valence-corrected chi connectivity index (χ4v) is 3.95. The van der Waals surface area contributed by atoms with E-state index in [0.717, 1.165) is 29.8 Å². The maximum Gasteiger partial charge on any atom is 0.335 e. The van der Waals surface area contributed by atoms with Crippen LogP contribution in [0.4, 0.5) is 0 Å². The van der Waals surface area contributed by atoms with E-state index in [9.17, 15) is 14.7 Å². The molecule has 1 aliphatic heterocycles. The second-order valence-corrected chi connectivity index (χ2v) is 7.35. The molecule has 3 aromatic rings. The molecule has 0 unspecified atom stereocenters. The number of aromatic carboxylic acids is 1. The first kappa shape index (κ1) is 18.2. The molecule has 7 heteroatoms. The predicted octanol–water partition coefficient (Wildman–Crippen LogP) is 3.06. The Hall–Kier alpha value is -3.22. The lowest BCUT2D eigenvalue weighted by Gasteiger charge is -2.33. The van der Waals surface area contributed by atoms with E-state index in [2.05, 4.69) is 10.1 Å². The van der Waals surface area contributed by atoms with Crippen LogP contribution in [-0.4, -0.2) is 49.6 Å². The Balaban J connectivity index is 1.61. The van der Waals surface area contributed by atoms with Crippen molar-refractivity contribution in [2.75, 3.05) is 13.1 Å². The number of rotatable bonds is 3. The number of benzene rings is 1. The summed E-state index contributed by atoms with van der Waals surface area (Å²) in [4.78, 5) is 30.8. The third-order valence-electron chi connectivity index (χ3n) is 5.32. The van der Waals surface area contributed by atoms with Crippen LogP contribution in [0.25, 0.3) is 5.65 Å². The molecular formula is C21H22N4O3. The standard InChI is InChI=1S/C21H22N4O3/c1-13-9-14(2)25-19(23-13)18(11-22-25)20(26)24-8-4-7-17(12-24)15-5-3-6-16(10-15)21(27)28/h3,5-6,9-11,17H,4,7-8,12H2,1-2H3,(H,27,28)/t17-/m1/s1. The Morgan fingerprint density at radius 3 is 2.82 bits per heavy atom. The number of likely N-dealkylation sites (tertiary alicyclic amines) is 1. The van der Waals surface area contributed by atoms with Crippen molar-refractivity contribution >= 4 is 17.5 Å². The predicted molar refractivity (Wildman–Crippen MR) is 104 cm³/mol. The number of piperidine rings is 1. The lowest BCUT2D eigenvalue weighted by Crippen LogP contribution is -2.39. The number of hydrogen-bond donors (Lipinski definition) is 1. The lowest BCUT2D eigenvalue weighted by molar-refractivity contribution is 0.0688. The summed E-state index contributed by atoms with van der Waals surface area (Å²) in [6.45, 7) is 5.08. The molecule has 1 amide bonds. The number of carbonyl (C=O) groups excluding carboxylic acids is 1. The van der Waals surface area contributed by atoms with E-state index in [4.69, 9.17) is 0 Å². The molecule has 0 bridgehead atoms. The number of aryl methyl sites for hydroxylation is 2. The van der Waals surface area contributed by atoms with Gasteiger partial charge in [-0.25, -0.2) is 14.3 Å². The van der Waals surface area contributed by atoms with Gasteiger partial charge in [0.05, 0.1) is 11.8 Å². The molecule has 144 valence electrons. The molecule has 4 rings (SSSR count). The number of amides is 1. The summed E-state index contributed by atoms with van der Waals surface area (Å²) in [6.07, 6.45) is 3.39. The smallest absolute Gasteiger partial charge is 0.335 e. The Labute approximate surface area is 162 Å². The maximum absolute atomic E-state index is 13.2. The van der Waals surface area contributed by atoms with Crippen molar-refractivity contribution in [2.45, 2.75) is 32.6 Å². The number of carboxylic acid groups (broad SMARTS) is 1. The fraction of sp³-hybridized carbons (Fsp3) is 0.333. The number of carbonyl (C=O) groups is 2. The Morgan fingerprint density at radius 1 is 1.21 bits per heavy atom. The molecule has 3 heterocycles. The van der Waals surface area contributed by atoms with Gasteiger partial charge in [-0.1, -0.05) is 12.1 Å². The van der Waals surface area contributed by atoms with Crippen LogP contribution in [0.3, 0.4) is 0 Å². The van der Waals surface area contributed by atoms with Gasteiger partial charge in [0.15, 0.2) is 5.65 Å². The minimum atomic E-state index is -0.936. The normalized spacial score (nSPS) is 17.1. The molecule has 0 radical (unpaired) electrons. The number of nitrogens with zero attached hydrogens (tertiary/aromatic N) is 4. The molecule has 1 fully saturated rings. The monoisotopic (exact) mass is 378 g/mol. The largest absolute Gasteiger partial charge is 0.478 e. The quantitative estimate of drug-likeness (QED) is 0.757. The lowest BCUT2D eigenvalue weighted by atomic mass is 9.89. The molecule has 0 saturated carbocycles. The maximum atomic E-state index is 13.2. The van der Waals surface area contributed by atoms with Crippen LogP contribution >= 0.6 is 0 Å². The molecule has 28 heavy (non-hydrogen) atoms. The highest BCUT2D eigenvalue weighted by atomic mass is 16.4. The second-order valence-electron chi connectivity index (χ2n) is 7.35. The molecule has 7 nitrogen and oxygen atoms in total. The third-order valence-corrected chi connectivity index (χ3v) is 5.32. The van der Waals surface area contributed by atoms with Crippen molar-refractivity contribution < 1.29 is 14.7 Å². The molecule has 1 atom stereocenters. The van der Waals surface area contributed by atoms with Gasteiger partial charge in [0, 0.05) is 30.4 Å². The van der Waals surface area contributed by atoms with Crippen molar-refractivity contribution in [3.8, 4) is 0 Å². The summed E-state index contributed by atoms with van der Waals surface area (Å²) >= 11 is 0. The van der Waals surface area contributed by atoms with Gasteiger partial charge in [-0.3, -0.25) is 4.79 Å². The first-order valence-electron chi connectivity index (χ1n) is 9.38. The molecular weight excluding hydrogens is 356 g/mol. The summed E-state index contributed by atoms with van der Waals surface area (Å²) < 4.78 is 1.69. The highest BCUT2D eigenvalue weighted by Gasteiger charge is 2.28. The van der Waals surface area contributed by atoms with Gasteiger partial charge < -0.3 is 10.0 Å². The average Bonchev–Trinajstić information content (AvgIpc) is 3.11. The zero-order valence-corrected chi connectivity index (χ0v) is 15.9. The fourth-order valence-electron chi connectivity index (χ4n) is 3.95. The Morgan fingerprint density at radius 2 is 2.04 bits per heavy atom. The topological polar surface area (TPSA) is 87.8 Å². The van der Waals surface area contributed by atoms with Crippen molar-refractivity contribution in [3.63, 3.8) is 0 Å². The van der Waals surface area contributed by atoms with Gasteiger partial charge in [0.1, 0.15) is 5.56 Å². The van der Waals surface area contributed by atoms with Crippen molar-refractivity contribution in [1.29, 1.82) is 0 Å². The van der Waals surface area contributed by atoms with Gasteiger partial charge in [-0.2, -0.15) is 5.10 Å². The van der Waals surface area contributed by atoms with Crippen LogP contribution in [0.5, 0.6) is 0 Å². The summed E-state index contributed by atoms with van der Waals surface area (Å²) in [7, 11) is 0. The first-order chi connectivity index (χ1) is 13.4. The van der Waals surface area contributed by atoms with Gasteiger partial charge in [0.2, 0.25) is 0 Å². The molecule has 0 aliphatic carbocycles. The highest BCUT2D eigenvalue weighted by Crippen LogP contribution is 2.29. The summed E-state index contributed by atoms with van der Waals surface area (Å²) in [5.41, 5.74) is 4.11. The number of aromatic nitrogens is 3. The van der Waals surface area contributed by atoms with Crippen LogP contribution in [-0.2, 0) is 0 Å². The van der Waals surface area contributed by atoms with E-state index in [1.54, 1.807) is 28.9 Å². The van der Waals surface area contributed by atoms with Gasteiger partial charge in [-0.05, 0) is 50.5 Å². The molecule has 2 aromatic heterocycles. The third kappa shape index (κ3) is 3.24. The van der Waals surface area contributed by atoms with E-state index in [-0.39, 0.29) is 17.4 Å². The SMILES string of the molecule is Cc1cc(C)n2ncc(C(=O)N3CCC[C@@H](c4cccc(C(=O)O)c4)C3)c2n1. The van der Waals surface area contributed by atoms with Crippen molar-refractivity contribution in [1.82, 2.24) is 19.5 Å². The summed E-state index contributed by atoms with van der Waals surface area (Å²) in [6, 6.07) is 8.94. The zero-order chi connectivity index (χ0) is 19.8. The highest BCUT2D eigenvalue weighted by molar-refractivity contribution is 5.99. The van der Waals surface area contributed by atoms with Gasteiger partial charge in [0.25, 0.3) is 5.91 Å². The minimum absolute atomic E-state index is 0.0772. The number of hydrogen-bond acceptors (Lipinski definition) is 4. The second kappa shape index (κ2) is 7.07. The van der Waals surface area contributed by atoms with Crippen LogP contribution in [0, 0.1) is 13.8 Å². The molecule has 1 N–H and O–H groups in total. The summed E-state index contributed by atoms with van der Waals surface area (Å²) in [5, 5.41) is 13.6. The van der Waals surface area contributed by atoms with E-state index >= 15 is 0 Å². The van der Waals surface area contributed by atoms with E-state index in [1.807, 2.05) is 30.9 Å². The zero-order valence-electron chi connectivity index (χ0n) is 15.9. The van der Waals surface area contributed by atoms with Crippen molar-refractivity contribution in [3.05, 3.63) is 64.6 Å². The molecule has 1 aromatic carbocycles. The number of carboxylic acids is 1. The van der Waals surface area contributed by atoms with Gasteiger partial charge in [-0.15, -0.1) is 0 Å². The van der Waals surface area contributed by atoms with Crippen LogP contribution < -0.4 is 0 Å². The summed E-state index contributed by atoms with van der Waals surface area (Å²) in [5.74, 6) is -0.893. The van der Waals surface area contributed by atoms with Gasteiger partial charge >= 0.3 is 5.97 Å². The Bertz CT molecular complexity index is 1070. The molecule has 0 spiro atoms. The van der Waals surface area contributed by atoms with Crippen LogP contribution in [0.2, 0.25) is 0 Å². The molecule has 1 aliphatic rings. The first-order valence-corrected chi connectivity index (χ1v) is 9.38. The minimum Gasteiger partial charge on any atom is -0.478 e. The van der Waals surface area contributed by atoms with Crippen LogP contribution in [0.15, 0.2) is 36.5 Å². The average molecular weight is 378 g/mol. The van der Waals surface area contributed by atoms with Crippen molar-refractivity contribution in [2.24, 2.45) is 0 Å². The molecule has 1 saturated heterocycles. The van der Waals surface area contributed by atoms with Crippen LogP contribution in [0.1, 0.15) is 56.4 Å². The van der Waals surface area contributed by atoms with E-state index < -0.39 is 5.97 Å². The van der Waals surface area contributed by atoms with E-state index in [0.29, 0.717) is 24.3 Å². The number of fused-ring (bicyclic) bond motifs is 1. The Kier molecular flexibility index (Phi) is 4.58.